The molecule has 3 rings (SSSR count). The first-order valence-electron chi connectivity index (χ1n) is 11.1. The molecule has 1 amide bonds. The normalized spacial score (nSPS) is 14.3. The number of anilines is 1. The average Bonchev–Trinajstić information content (AvgIpc) is 2.83. The van der Waals surface area contributed by atoms with Gasteiger partial charge in [0.15, 0.2) is 0 Å². The number of ether oxygens (including phenoxy) is 2. The summed E-state index contributed by atoms with van der Waals surface area (Å²) in [6.07, 6.45) is 3.80. The molecule has 1 heterocycles. The summed E-state index contributed by atoms with van der Waals surface area (Å²) < 4.78 is 37.2. The molecule has 0 unspecified atom stereocenters. The summed E-state index contributed by atoms with van der Waals surface area (Å²) in [4.78, 5) is 15.5. The van der Waals surface area contributed by atoms with Crippen LogP contribution in [-0.2, 0) is 16.4 Å². The number of hydrogen-bond acceptors (Lipinski definition) is 6. The number of rotatable bonds is 9. The number of amides is 1. The van der Waals surface area contributed by atoms with Gasteiger partial charge in [-0.3, -0.25) is 4.79 Å². The van der Waals surface area contributed by atoms with E-state index in [4.69, 9.17) is 9.47 Å². The minimum absolute atomic E-state index is 0.105. The third-order valence-corrected chi connectivity index (χ3v) is 7.67. The second-order valence-corrected chi connectivity index (χ2v) is 10.3. The van der Waals surface area contributed by atoms with Crippen LogP contribution in [0.15, 0.2) is 41.3 Å². The van der Waals surface area contributed by atoms with Gasteiger partial charge in [0.05, 0.1) is 24.7 Å². The Morgan fingerprint density at radius 1 is 1.03 bits per heavy atom. The van der Waals surface area contributed by atoms with Crippen LogP contribution in [-0.4, -0.2) is 66.6 Å². The monoisotopic (exact) mass is 475 g/mol. The molecule has 0 saturated carbocycles. The van der Waals surface area contributed by atoms with Crippen molar-refractivity contribution in [3.8, 4) is 11.5 Å². The SMILES string of the molecule is COc1ccc(OC)c(CCNC(=O)c2cc(S(=O)(=O)N(C)C)ccc2N2CCCCC2)c1. The van der Waals surface area contributed by atoms with Crippen LogP contribution in [0.3, 0.4) is 0 Å². The highest BCUT2D eigenvalue weighted by atomic mass is 32.2. The lowest BCUT2D eigenvalue weighted by Crippen LogP contribution is -2.33. The zero-order valence-corrected chi connectivity index (χ0v) is 20.6. The van der Waals surface area contributed by atoms with Crippen LogP contribution in [0.5, 0.6) is 11.5 Å². The van der Waals surface area contributed by atoms with Gasteiger partial charge < -0.3 is 19.7 Å². The Hall–Kier alpha value is -2.78. The number of nitrogens with one attached hydrogen (secondary N) is 1. The number of hydrogen-bond donors (Lipinski definition) is 1. The van der Waals surface area contributed by atoms with Gasteiger partial charge in [0.2, 0.25) is 10.0 Å². The minimum Gasteiger partial charge on any atom is -0.497 e. The van der Waals surface area contributed by atoms with Crippen molar-refractivity contribution >= 4 is 21.6 Å². The highest BCUT2D eigenvalue weighted by molar-refractivity contribution is 7.89. The van der Waals surface area contributed by atoms with Crippen LogP contribution in [0.25, 0.3) is 0 Å². The van der Waals surface area contributed by atoms with Gasteiger partial charge in [0.25, 0.3) is 5.91 Å². The Morgan fingerprint density at radius 2 is 1.76 bits per heavy atom. The summed E-state index contributed by atoms with van der Waals surface area (Å²) in [6.45, 7) is 2.06. The molecule has 9 heteroatoms. The smallest absolute Gasteiger partial charge is 0.253 e. The highest BCUT2D eigenvalue weighted by Gasteiger charge is 2.24. The Kier molecular flexibility index (Phi) is 8.20. The molecule has 2 aromatic rings. The maximum atomic E-state index is 13.2. The molecule has 0 atom stereocenters. The third kappa shape index (κ3) is 5.78. The first-order valence-corrected chi connectivity index (χ1v) is 12.5. The van der Waals surface area contributed by atoms with Crippen molar-refractivity contribution in [3.63, 3.8) is 0 Å². The molecular formula is C24H33N3O5S. The predicted molar refractivity (Wildman–Crippen MR) is 129 cm³/mol. The molecule has 2 aromatic carbocycles. The molecule has 1 fully saturated rings. The topological polar surface area (TPSA) is 88.2 Å². The summed E-state index contributed by atoms with van der Waals surface area (Å²) in [7, 11) is 2.51. The van der Waals surface area contributed by atoms with Gasteiger partial charge in [0.1, 0.15) is 11.5 Å². The number of sulfonamides is 1. The van der Waals surface area contributed by atoms with E-state index >= 15 is 0 Å². The number of nitrogens with zero attached hydrogens (tertiary/aromatic N) is 2. The molecule has 0 radical (unpaired) electrons. The van der Waals surface area contributed by atoms with E-state index in [1.165, 1.54) is 20.2 Å². The fourth-order valence-corrected chi connectivity index (χ4v) is 4.89. The Labute approximate surface area is 196 Å². The zero-order valence-electron chi connectivity index (χ0n) is 19.8. The molecule has 0 aromatic heterocycles. The first kappa shape index (κ1) is 24.9. The van der Waals surface area contributed by atoms with Crippen LogP contribution in [0, 0.1) is 0 Å². The number of methoxy groups -OCH3 is 2. The second kappa shape index (κ2) is 10.9. The molecule has 180 valence electrons. The lowest BCUT2D eigenvalue weighted by molar-refractivity contribution is 0.0954. The van der Waals surface area contributed by atoms with E-state index in [2.05, 4.69) is 10.2 Å². The molecule has 0 spiro atoms. The largest absolute Gasteiger partial charge is 0.497 e. The van der Waals surface area contributed by atoms with Crippen molar-refractivity contribution in [3.05, 3.63) is 47.5 Å². The van der Waals surface area contributed by atoms with Crippen LogP contribution >= 0.6 is 0 Å². The predicted octanol–water partition coefficient (Wildman–Crippen LogP) is 2.92. The molecule has 0 bridgehead atoms. The summed E-state index contributed by atoms with van der Waals surface area (Å²) >= 11 is 0. The van der Waals surface area contributed by atoms with Crippen LogP contribution in [0.4, 0.5) is 5.69 Å². The number of benzene rings is 2. The Balaban J connectivity index is 1.84. The summed E-state index contributed by atoms with van der Waals surface area (Å²) in [6, 6.07) is 10.4. The molecule has 1 aliphatic rings. The van der Waals surface area contributed by atoms with Crippen molar-refractivity contribution in [2.24, 2.45) is 0 Å². The van der Waals surface area contributed by atoms with Crippen LogP contribution < -0.4 is 19.7 Å². The number of piperidine rings is 1. The van der Waals surface area contributed by atoms with E-state index in [1.807, 2.05) is 18.2 Å². The Bertz CT molecular complexity index is 1080. The average molecular weight is 476 g/mol. The molecule has 1 aliphatic heterocycles. The van der Waals surface area contributed by atoms with Gasteiger partial charge in [-0.2, -0.15) is 0 Å². The highest BCUT2D eigenvalue weighted by Crippen LogP contribution is 2.28. The molecule has 1 N–H and O–H groups in total. The number of carbonyl (C=O) groups is 1. The summed E-state index contributed by atoms with van der Waals surface area (Å²) in [5.41, 5.74) is 2.05. The fourth-order valence-electron chi connectivity index (χ4n) is 3.96. The van der Waals surface area contributed by atoms with Gasteiger partial charge in [0, 0.05) is 39.4 Å². The zero-order chi connectivity index (χ0) is 24.0. The minimum atomic E-state index is -3.66. The Morgan fingerprint density at radius 3 is 2.39 bits per heavy atom. The van der Waals surface area contributed by atoms with Gasteiger partial charge in [-0.25, -0.2) is 12.7 Å². The fraction of sp³-hybridized carbons (Fsp3) is 0.458. The van der Waals surface area contributed by atoms with Crippen molar-refractivity contribution < 1.29 is 22.7 Å². The van der Waals surface area contributed by atoms with Crippen LogP contribution in [0.1, 0.15) is 35.2 Å². The second-order valence-electron chi connectivity index (χ2n) is 8.20. The van der Waals surface area contributed by atoms with Gasteiger partial charge in [-0.15, -0.1) is 0 Å². The van der Waals surface area contributed by atoms with E-state index < -0.39 is 10.0 Å². The van der Waals surface area contributed by atoms with Crippen molar-refractivity contribution in [1.82, 2.24) is 9.62 Å². The lowest BCUT2D eigenvalue weighted by atomic mass is 10.1. The maximum Gasteiger partial charge on any atom is 0.253 e. The van der Waals surface area contributed by atoms with Crippen molar-refractivity contribution in [1.29, 1.82) is 0 Å². The quantitative estimate of drug-likeness (QED) is 0.600. The van der Waals surface area contributed by atoms with Crippen molar-refractivity contribution in [2.45, 2.75) is 30.6 Å². The van der Waals surface area contributed by atoms with E-state index in [1.54, 1.807) is 26.4 Å². The molecule has 0 aliphatic carbocycles. The third-order valence-electron chi connectivity index (χ3n) is 5.86. The molecule has 8 nitrogen and oxygen atoms in total. The number of carbonyl (C=O) groups excluding carboxylic acids is 1. The van der Waals surface area contributed by atoms with E-state index in [0.29, 0.717) is 24.3 Å². The van der Waals surface area contributed by atoms with Gasteiger partial charge in [-0.1, -0.05) is 0 Å². The van der Waals surface area contributed by atoms with Gasteiger partial charge in [-0.05, 0) is 67.6 Å². The molecule has 33 heavy (non-hydrogen) atoms. The van der Waals surface area contributed by atoms with E-state index in [9.17, 15) is 13.2 Å². The summed E-state index contributed by atoms with van der Waals surface area (Å²) in [5.74, 6) is 1.14. The lowest BCUT2D eigenvalue weighted by Gasteiger charge is -2.30. The maximum absolute atomic E-state index is 13.2. The standard InChI is InChI=1S/C24H33N3O5S/c1-26(2)33(29,30)20-9-10-22(27-14-6-5-7-15-27)21(17-20)24(28)25-13-12-18-16-19(31-3)8-11-23(18)32-4/h8-11,16-17H,5-7,12-15H2,1-4H3,(H,25,28). The first-order chi connectivity index (χ1) is 15.8. The van der Waals surface area contributed by atoms with Crippen molar-refractivity contribution in [2.75, 3.05) is 52.8 Å². The van der Waals surface area contributed by atoms with Crippen LogP contribution in [0.2, 0.25) is 0 Å². The molecular weight excluding hydrogens is 442 g/mol. The van der Waals surface area contributed by atoms with Gasteiger partial charge >= 0.3 is 0 Å². The van der Waals surface area contributed by atoms with E-state index in [-0.39, 0.29) is 10.8 Å². The molecule has 1 saturated heterocycles. The summed E-state index contributed by atoms with van der Waals surface area (Å²) in [5, 5.41) is 2.95. The van der Waals surface area contributed by atoms with E-state index in [0.717, 1.165) is 53.7 Å².